The Morgan fingerprint density at radius 3 is 2.53 bits per heavy atom. The second kappa shape index (κ2) is 5.05. The molecule has 17 heavy (non-hydrogen) atoms. The van der Waals surface area contributed by atoms with Crippen molar-refractivity contribution in [3.05, 3.63) is 29.3 Å². The first kappa shape index (κ1) is 11.7. The van der Waals surface area contributed by atoms with Gasteiger partial charge < -0.3 is 5.73 Å². The number of aryl methyl sites for hydroxylation is 3. The third-order valence-corrected chi connectivity index (χ3v) is 2.49. The summed E-state index contributed by atoms with van der Waals surface area (Å²) in [7, 11) is 0. The summed E-state index contributed by atoms with van der Waals surface area (Å²) >= 11 is 0. The van der Waals surface area contributed by atoms with Crippen LogP contribution in [0.2, 0.25) is 0 Å². The minimum atomic E-state index is 0.670. The van der Waals surface area contributed by atoms with E-state index < -0.39 is 0 Å². The third-order valence-electron chi connectivity index (χ3n) is 2.49. The lowest BCUT2D eigenvalue weighted by Crippen LogP contribution is -2.01. The highest BCUT2D eigenvalue weighted by Crippen LogP contribution is 2.16. The van der Waals surface area contributed by atoms with Gasteiger partial charge in [-0.25, -0.2) is 4.98 Å². The Bertz CT molecular complexity index is 483. The summed E-state index contributed by atoms with van der Waals surface area (Å²) in [5.74, 6) is 1.61. The Morgan fingerprint density at radius 1 is 1.18 bits per heavy atom. The molecule has 2 rings (SSSR count). The van der Waals surface area contributed by atoms with E-state index in [-0.39, 0.29) is 0 Å². The average molecular weight is 231 g/mol. The Labute approximate surface area is 100 Å². The van der Waals surface area contributed by atoms with Crippen LogP contribution in [0.1, 0.15) is 23.6 Å². The molecule has 0 atom stereocenters. The number of nitrogens with two attached hydrogens (primary N) is 1. The zero-order valence-corrected chi connectivity index (χ0v) is 10.2. The number of nitrogens with one attached hydrogen (secondary N) is 1. The second-order valence-corrected chi connectivity index (χ2v) is 4.14. The summed E-state index contributed by atoms with van der Waals surface area (Å²) < 4.78 is 0. The van der Waals surface area contributed by atoms with Gasteiger partial charge in [0, 0.05) is 23.4 Å². The Morgan fingerprint density at radius 2 is 1.88 bits per heavy atom. The molecule has 0 aliphatic carbocycles. The molecular formula is C12H17N5. The first-order valence-corrected chi connectivity index (χ1v) is 5.76. The first-order valence-electron chi connectivity index (χ1n) is 5.76. The highest BCUT2D eigenvalue weighted by Gasteiger charge is 2.07. The fourth-order valence-electron chi connectivity index (χ4n) is 1.77. The Balaban J connectivity index is 2.24. The van der Waals surface area contributed by atoms with Crippen molar-refractivity contribution in [2.24, 2.45) is 5.73 Å². The molecule has 3 N–H and O–H groups in total. The number of pyridine rings is 1. The van der Waals surface area contributed by atoms with Crippen molar-refractivity contribution in [3.8, 4) is 11.4 Å². The van der Waals surface area contributed by atoms with Crippen LogP contribution in [0.4, 0.5) is 0 Å². The molecule has 0 aliphatic heterocycles. The maximum Gasteiger partial charge on any atom is 0.181 e. The standard InChI is InChI=1S/C12H17N5/c1-8-6-10(7-9(2)14-8)12-15-11(16-17-12)4-3-5-13/h6-7H,3-5,13H2,1-2H3,(H,15,16,17). The molecule has 2 heterocycles. The van der Waals surface area contributed by atoms with E-state index in [2.05, 4.69) is 20.2 Å². The van der Waals surface area contributed by atoms with E-state index in [1.807, 2.05) is 26.0 Å². The quantitative estimate of drug-likeness (QED) is 0.833. The molecule has 5 heteroatoms. The van der Waals surface area contributed by atoms with Crippen LogP contribution in [0.15, 0.2) is 12.1 Å². The van der Waals surface area contributed by atoms with Crippen LogP contribution in [0, 0.1) is 13.8 Å². The molecule has 0 unspecified atom stereocenters. The number of rotatable bonds is 4. The van der Waals surface area contributed by atoms with Gasteiger partial charge in [-0.3, -0.25) is 10.1 Å². The maximum atomic E-state index is 5.46. The summed E-state index contributed by atoms with van der Waals surface area (Å²) in [4.78, 5) is 8.78. The minimum Gasteiger partial charge on any atom is -0.330 e. The van der Waals surface area contributed by atoms with Crippen LogP contribution in [0.3, 0.4) is 0 Å². The zero-order valence-electron chi connectivity index (χ0n) is 10.2. The van der Waals surface area contributed by atoms with E-state index in [1.165, 1.54) is 0 Å². The molecule has 0 aromatic carbocycles. The van der Waals surface area contributed by atoms with Gasteiger partial charge in [-0.05, 0) is 38.9 Å². The molecule has 0 aliphatic rings. The summed E-state index contributed by atoms with van der Waals surface area (Å²) in [5, 5.41) is 7.16. The van der Waals surface area contributed by atoms with Crippen LogP contribution in [0.5, 0.6) is 0 Å². The predicted octanol–water partition coefficient (Wildman–Crippen LogP) is 1.37. The molecule has 2 aromatic rings. The molecule has 2 aromatic heterocycles. The fraction of sp³-hybridized carbons (Fsp3) is 0.417. The van der Waals surface area contributed by atoms with E-state index in [0.29, 0.717) is 6.54 Å². The van der Waals surface area contributed by atoms with Crippen LogP contribution >= 0.6 is 0 Å². The maximum absolute atomic E-state index is 5.46. The van der Waals surface area contributed by atoms with E-state index in [9.17, 15) is 0 Å². The van der Waals surface area contributed by atoms with E-state index in [1.54, 1.807) is 0 Å². The van der Waals surface area contributed by atoms with Gasteiger partial charge >= 0.3 is 0 Å². The van der Waals surface area contributed by atoms with Crippen molar-refractivity contribution in [1.29, 1.82) is 0 Å². The van der Waals surface area contributed by atoms with Gasteiger partial charge in [-0.2, -0.15) is 5.10 Å². The van der Waals surface area contributed by atoms with Crippen molar-refractivity contribution in [2.75, 3.05) is 6.54 Å². The minimum absolute atomic E-state index is 0.670. The number of H-pyrrole nitrogens is 1. The topological polar surface area (TPSA) is 80.5 Å². The summed E-state index contributed by atoms with van der Waals surface area (Å²) in [6.07, 6.45) is 1.76. The molecule has 90 valence electrons. The van der Waals surface area contributed by atoms with Crippen LogP contribution < -0.4 is 5.73 Å². The van der Waals surface area contributed by atoms with Crippen molar-refractivity contribution < 1.29 is 0 Å². The molecule has 0 radical (unpaired) electrons. The van der Waals surface area contributed by atoms with Crippen molar-refractivity contribution in [2.45, 2.75) is 26.7 Å². The van der Waals surface area contributed by atoms with Crippen LogP contribution in [-0.4, -0.2) is 26.7 Å². The first-order chi connectivity index (χ1) is 8.19. The normalized spacial score (nSPS) is 10.8. The summed E-state index contributed by atoms with van der Waals surface area (Å²) in [5.41, 5.74) is 8.43. The fourth-order valence-corrected chi connectivity index (χ4v) is 1.77. The number of hydrogen-bond acceptors (Lipinski definition) is 4. The van der Waals surface area contributed by atoms with Gasteiger partial charge in [0.1, 0.15) is 5.82 Å². The van der Waals surface area contributed by atoms with E-state index in [0.717, 1.165) is 41.4 Å². The Kier molecular flexibility index (Phi) is 3.49. The lowest BCUT2D eigenvalue weighted by Gasteiger charge is -1.99. The van der Waals surface area contributed by atoms with Gasteiger partial charge in [0.25, 0.3) is 0 Å². The number of aromatic amines is 1. The smallest absolute Gasteiger partial charge is 0.181 e. The highest BCUT2D eigenvalue weighted by atomic mass is 15.2. The predicted molar refractivity (Wildman–Crippen MR) is 66.5 cm³/mol. The van der Waals surface area contributed by atoms with Gasteiger partial charge in [0.2, 0.25) is 0 Å². The average Bonchev–Trinajstić information content (AvgIpc) is 2.73. The van der Waals surface area contributed by atoms with Crippen molar-refractivity contribution >= 4 is 0 Å². The molecule has 0 amide bonds. The summed E-state index contributed by atoms with van der Waals surface area (Å²) in [6.45, 7) is 4.61. The lowest BCUT2D eigenvalue weighted by atomic mass is 10.2. The SMILES string of the molecule is Cc1cc(-c2n[nH]c(CCCN)n2)cc(C)n1. The third kappa shape index (κ3) is 2.88. The molecular weight excluding hydrogens is 214 g/mol. The molecule has 0 spiro atoms. The number of aromatic nitrogens is 4. The highest BCUT2D eigenvalue weighted by molar-refractivity contribution is 5.55. The zero-order chi connectivity index (χ0) is 12.3. The van der Waals surface area contributed by atoms with Crippen LogP contribution in [0.25, 0.3) is 11.4 Å². The molecule has 5 nitrogen and oxygen atoms in total. The van der Waals surface area contributed by atoms with E-state index in [4.69, 9.17) is 5.73 Å². The molecule has 0 bridgehead atoms. The number of hydrogen-bond donors (Lipinski definition) is 2. The van der Waals surface area contributed by atoms with Gasteiger partial charge in [0.15, 0.2) is 5.82 Å². The Hall–Kier alpha value is -1.75. The largest absolute Gasteiger partial charge is 0.330 e. The van der Waals surface area contributed by atoms with Gasteiger partial charge in [0.05, 0.1) is 0 Å². The number of nitrogens with zero attached hydrogens (tertiary/aromatic N) is 3. The molecule has 0 saturated heterocycles. The van der Waals surface area contributed by atoms with Crippen molar-refractivity contribution in [1.82, 2.24) is 20.2 Å². The van der Waals surface area contributed by atoms with Crippen molar-refractivity contribution in [3.63, 3.8) is 0 Å². The monoisotopic (exact) mass is 231 g/mol. The van der Waals surface area contributed by atoms with Gasteiger partial charge in [-0.15, -0.1) is 0 Å². The lowest BCUT2D eigenvalue weighted by molar-refractivity contribution is 0.785. The molecule has 0 saturated carbocycles. The molecule has 0 fully saturated rings. The van der Waals surface area contributed by atoms with Crippen LogP contribution in [-0.2, 0) is 6.42 Å². The summed E-state index contributed by atoms with van der Waals surface area (Å²) in [6, 6.07) is 3.98. The van der Waals surface area contributed by atoms with Gasteiger partial charge in [-0.1, -0.05) is 0 Å². The second-order valence-electron chi connectivity index (χ2n) is 4.14. The van der Waals surface area contributed by atoms with E-state index >= 15 is 0 Å².